The van der Waals surface area contributed by atoms with Crippen LogP contribution in [0.2, 0.25) is 0 Å². The van der Waals surface area contributed by atoms with E-state index in [0.29, 0.717) is 23.1 Å². The maximum atomic E-state index is 13.2. The van der Waals surface area contributed by atoms with Crippen LogP contribution in [0, 0.1) is 5.92 Å². The Morgan fingerprint density at radius 3 is 2.18 bits per heavy atom. The fourth-order valence-electron chi connectivity index (χ4n) is 7.44. The van der Waals surface area contributed by atoms with Crippen molar-refractivity contribution in [3.05, 3.63) is 59.2 Å². The van der Waals surface area contributed by atoms with Gasteiger partial charge in [0.05, 0.1) is 11.1 Å². The first-order valence-corrected chi connectivity index (χ1v) is 16.3. The minimum Gasteiger partial charge on any atom is -0.371 e. The molecule has 11 heteroatoms. The molecule has 2 aromatic carbocycles. The van der Waals surface area contributed by atoms with E-state index >= 15 is 0 Å². The van der Waals surface area contributed by atoms with Gasteiger partial charge in [0.15, 0.2) is 0 Å². The van der Waals surface area contributed by atoms with E-state index < -0.39 is 23.8 Å². The maximum absolute atomic E-state index is 13.2. The molecule has 2 N–H and O–H groups in total. The second-order valence-electron chi connectivity index (χ2n) is 13.1. The van der Waals surface area contributed by atoms with E-state index in [4.69, 9.17) is 0 Å². The van der Waals surface area contributed by atoms with Gasteiger partial charge in [0.25, 0.3) is 17.7 Å². The Hall–Kier alpha value is -4.25. The van der Waals surface area contributed by atoms with E-state index in [1.54, 1.807) is 12.1 Å². The number of fused-ring (bicyclic) bond motifs is 1. The van der Waals surface area contributed by atoms with Crippen LogP contribution in [0.5, 0.6) is 0 Å². The van der Waals surface area contributed by atoms with Crippen molar-refractivity contribution in [3.8, 4) is 0 Å². The minimum atomic E-state index is -0.954. The SMILES string of the molecule is O=C1CCC(N2C(=O)c3ccc(N4CC(CN5CCN(c6ccc(C(=O)NC7CCCCC7)cc6)CC5)C4)cc3C2=O)C(=O)N1. The molecular weight excluding hydrogens is 572 g/mol. The lowest BCUT2D eigenvalue weighted by Gasteiger charge is -2.45. The molecule has 45 heavy (non-hydrogen) atoms. The molecule has 1 unspecified atom stereocenters. The van der Waals surface area contributed by atoms with Crippen LogP contribution < -0.4 is 20.4 Å². The van der Waals surface area contributed by atoms with Crippen molar-refractivity contribution in [2.75, 3.05) is 55.6 Å². The monoisotopic (exact) mass is 612 g/mol. The molecule has 0 radical (unpaired) electrons. The van der Waals surface area contributed by atoms with Gasteiger partial charge >= 0.3 is 0 Å². The summed E-state index contributed by atoms with van der Waals surface area (Å²) in [7, 11) is 0. The van der Waals surface area contributed by atoms with Crippen molar-refractivity contribution in [2.24, 2.45) is 5.92 Å². The molecule has 3 saturated heterocycles. The Morgan fingerprint density at radius 1 is 0.778 bits per heavy atom. The van der Waals surface area contributed by atoms with Gasteiger partial charge in [0, 0.05) is 81.1 Å². The van der Waals surface area contributed by atoms with Gasteiger partial charge in [0.2, 0.25) is 11.8 Å². The smallest absolute Gasteiger partial charge is 0.262 e. The third-order valence-corrected chi connectivity index (χ3v) is 10.1. The summed E-state index contributed by atoms with van der Waals surface area (Å²) in [6, 6.07) is 12.7. The number of nitrogens with one attached hydrogen (secondary N) is 2. The molecule has 11 nitrogen and oxygen atoms in total. The molecular formula is C34H40N6O5. The highest BCUT2D eigenvalue weighted by Gasteiger charge is 2.45. The van der Waals surface area contributed by atoms with Crippen LogP contribution in [0.1, 0.15) is 76.0 Å². The summed E-state index contributed by atoms with van der Waals surface area (Å²) in [5.74, 6) is -1.39. The summed E-state index contributed by atoms with van der Waals surface area (Å²) in [6.07, 6.45) is 6.08. The lowest BCUT2D eigenvalue weighted by molar-refractivity contribution is -0.136. The zero-order valence-electron chi connectivity index (χ0n) is 25.5. The van der Waals surface area contributed by atoms with E-state index in [1.165, 1.54) is 19.3 Å². The molecule has 0 spiro atoms. The number of nitrogens with zero attached hydrogens (tertiary/aromatic N) is 4. The third kappa shape index (κ3) is 5.93. The number of imide groups is 2. The van der Waals surface area contributed by atoms with Gasteiger partial charge in [-0.05, 0) is 61.7 Å². The average molecular weight is 613 g/mol. The van der Waals surface area contributed by atoms with Crippen molar-refractivity contribution in [1.82, 2.24) is 20.4 Å². The Balaban J connectivity index is 0.875. The Kier molecular flexibility index (Phi) is 8.03. The summed E-state index contributed by atoms with van der Waals surface area (Å²) in [5.41, 5.74) is 3.40. The lowest BCUT2D eigenvalue weighted by atomic mass is 9.95. The van der Waals surface area contributed by atoms with E-state index in [-0.39, 0.29) is 24.7 Å². The number of rotatable bonds is 7. The highest BCUT2D eigenvalue weighted by molar-refractivity contribution is 6.23. The number of anilines is 2. The zero-order valence-corrected chi connectivity index (χ0v) is 25.5. The zero-order chi connectivity index (χ0) is 31.1. The van der Waals surface area contributed by atoms with Crippen LogP contribution in [0.25, 0.3) is 0 Å². The predicted molar refractivity (Wildman–Crippen MR) is 168 cm³/mol. The summed E-state index contributed by atoms with van der Waals surface area (Å²) >= 11 is 0. The third-order valence-electron chi connectivity index (χ3n) is 10.1. The van der Waals surface area contributed by atoms with Crippen LogP contribution in [0.4, 0.5) is 11.4 Å². The topological polar surface area (TPSA) is 122 Å². The normalized spacial score (nSPS) is 23.2. The quantitative estimate of drug-likeness (QED) is 0.458. The second-order valence-corrected chi connectivity index (χ2v) is 13.1. The van der Waals surface area contributed by atoms with Gasteiger partial charge in [-0.1, -0.05) is 19.3 Å². The highest BCUT2D eigenvalue weighted by Crippen LogP contribution is 2.33. The summed E-state index contributed by atoms with van der Waals surface area (Å²) in [6.45, 7) is 6.60. The number of hydrogen-bond donors (Lipinski definition) is 2. The molecule has 4 fully saturated rings. The van der Waals surface area contributed by atoms with Crippen molar-refractivity contribution in [3.63, 3.8) is 0 Å². The van der Waals surface area contributed by atoms with E-state index in [1.807, 2.05) is 18.2 Å². The number of hydrogen-bond acceptors (Lipinski definition) is 8. The van der Waals surface area contributed by atoms with Crippen LogP contribution >= 0.6 is 0 Å². The summed E-state index contributed by atoms with van der Waals surface area (Å²) in [4.78, 5) is 70.9. The van der Waals surface area contributed by atoms with Gasteiger partial charge in [-0.15, -0.1) is 0 Å². The lowest BCUT2D eigenvalue weighted by Crippen LogP contribution is -2.55. The molecule has 236 valence electrons. The Bertz CT molecular complexity index is 1510. The van der Waals surface area contributed by atoms with Gasteiger partial charge in [-0.2, -0.15) is 0 Å². The standard InChI is InChI=1S/C34H40N6O5/c41-30-13-12-29(32(43)36-30)40-33(44)27-11-10-26(18-28(27)34(40)45)39-20-22(21-39)19-37-14-16-38(17-15-37)25-8-6-23(7-9-25)31(42)35-24-4-2-1-3-5-24/h6-11,18,22,24,29H,1-5,12-17,19-21H2,(H,35,42)(H,36,41,43). The molecule has 2 aromatic rings. The minimum absolute atomic E-state index is 0.0296. The predicted octanol–water partition coefficient (Wildman–Crippen LogP) is 2.41. The van der Waals surface area contributed by atoms with E-state index in [9.17, 15) is 24.0 Å². The number of piperidine rings is 1. The van der Waals surface area contributed by atoms with E-state index in [0.717, 1.165) is 80.5 Å². The first-order valence-electron chi connectivity index (χ1n) is 16.3. The van der Waals surface area contributed by atoms with Crippen molar-refractivity contribution in [2.45, 2.75) is 57.0 Å². The first kappa shape index (κ1) is 29.5. The molecule has 4 aliphatic heterocycles. The molecule has 0 bridgehead atoms. The highest BCUT2D eigenvalue weighted by atomic mass is 16.2. The summed E-state index contributed by atoms with van der Waals surface area (Å²) < 4.78 is 0. The second kappa shape index (κ2) is 12.3. The Morgan fingerprint density at radius 2 is 1.47 bits per heavy atom. The number of benzene rings is 2. The first-order chi connectivity index (χ1) is 21.8. The maximum Gasteiger partial charge on any atom is 0.262 e. The molecule has 1 aliphatic carbocycles. The summed E-state index contributed by atoms with van der Waals surface area (Å²) in [5, 5.41) is 5.43. The van der Waals surface area contributed by atoms with Crippen molar-refractivity contribution < 1.29 is 24.0 Å². The van der Waals surface area contributed by atoms with Crippen LogP contribution in [-0.4, -0.2) is 97.2 Å². The molecule has 7 rings (SSSR count). The van der Waals surface area contributed by atoms with Crippen molar-refractivity contribution in [1.29, 1.82) is 0 Å². The average Bonchev–Trinajstić information content (AvgIpc) is 3.28. The molecule has 1 saturated carbocycles. The van der Waals surface area contributed by atoms with Gasteiger partial charge in [0.1, 0.15) is 6.04 Å². The van der Waals surface area contributed by atoms with Crippen molar-refractivity contribution >= 4 is 40.9 Å². The van der Waals surface area contributed by atoms with E-state index in [2.05, 4.69) is 37.5 Å². The number of amides is 5. The van der Waals surface area contributed by atoms with Crippen LogP contribution in [0.15, 0.2) is 42.5 Å². The molecule has 1 atom stereocenters. The molecule has 4 heterocycles. The molecule has 5 amide bonds. The fourth-order valence-corrected chi connectivity index (χ4v) is 7.44. The molecule has 0 aromatic heterocycles. The number of carbonyl (C=O) groups is 5. The number of carbonyl (C=O) groups excluding carboxylic acids is 5. The largest absolute Gasteiger partial charge is 0.371 e. The van der Waals surface area contributed by atoms with Crippen LogP contribution in [0.3, 0.4) is 0 Å². The Labute approximate surface area is 262 Å². The molecule has 5 aliphatic rings. The van der Waals surface area contributed by atoms with Gasteiger partial charge < -0.3 is 15.1 Å². The fraction of sp³-hybridized carbons (Fsp3) is 0.500. The van der Waals surface area contributed by atoms with Gasteiger partial charge in [-0.3, -0.25) is 39.1 Å². The number of piperazine rings is 1. The van der Waals surface area contributed by atoms with Gasteiger partial charge in [-0.25, -0.2) is 0 Å². The van der Waals surface area contributed by atoms with Crippen LogP contribution in [-0.2, 0) is 9.59 Å².